The average molecular weight is 211 g/mol. The second kappa shape index (κ2) is 4.84. The summed E-state index contributed by atoms with van der Waals surface area (Å²) in [6, 6.07) is 8.44. The number of nitrogens with one attached hydrogen (secondary N) is 1. The molecule has 0 amide bonds. The highest BCUT2D eigenvalue weighted by Gasteiger charge is 1.99. The van der Waals surface area contributed by atoms with Crippen molar-refractivity contribution in [1.29, 1.82) is 0 Å². The third kappa shape index (κ3) is 2.86. The Labute approximate surface area is 97.2 Å². The van der Waals surface area contributed by atoms with E-state index >= 15 is 0 Å². The van der Waals surface area contributed by atoms with E-state index in [0.29, 0.717) is 5.92 Å². The van der Waals surface area contributed by atoms with Crippen LogP contribution in [-0.2, 0) is 0 Å². The Morgan fingerprint density at radius 3 is 2.56 bits per heavy atom. The molecule has 0 radical (unpaired) electrons. The maximum absolute atomic E-state index is 3.41. The molecule has 1 aliphatic rings. The lowest BCUT2D eigenvalue weighted by Crippen LogP contribution is -1.98. The van der Waals surface area contributed by atoms with Crippen LogP contribution in [0.5, 0.6) is 0 Å². The van der Waals surface area contributed by atoms with Crippen LogP contribution in [-0.4, -0.2) is 0 Å². The fourth-order valence-corrected chi connectivity index (χ4v) is 1.68. The van der Waals surface area contributed by atoms with Gasteiger partial charge in [0.25, 0.3) is 0 Å². The summed E-state index contributed by atoms with van der Waals surface area (Å²) in [4.78, 5) is 0. The van der Waals surface area contributed by atoms with Crippen molar-refractivity contribution in [3.8, 4) is 0 Å². The topological polar surface area (TPSA) is 12.0 Å². The van der Waals surface area contributed by atoms with E-state index in [9.17, 15) is 0 Å². The van der Waals surface area contributed by atoms with Crippen molar-refractivity contribution in [3.63, 3.8) is 0 Å². The van der Waals surface area contributed by atoms with Gasteiger partial charge in [0, 0.05) is 11.4 Å². The Morgan fingerprint density at radius 2 is 1.81 bits per heavy atom. The highest BCUT2D eigenvalue weighted by molar-refractivity contribution is 5.52. The minimum absolute atomic E-state index is 0.475. The standard InChI is InChI=1S/C15H17N/c1-12-7-9-14(10-8-12)16-15-6-4-3-5-13(2)11-15/h3-11,13,16H,1-2H3. The van der Waals surface area contributed by atoms with Gasteiger partial charge in [0.15, 0.2) is 0 Å². The van der Waals surface area contributed by atoms with Crippen LogP contribution in [0.2, 0.25) is 0 Å². The van der Waals surface area contributed by atoms with Gasteiger partial charge in [-0.2, -0.15) is 0 Å². The monoisotopic (exact) mass is 211 g/mol. The van der Waals surface area contributed by atoms with Crippen molar-refractivity contribution in [3.05, 3.63) is 65.9 Å². The molecule has 1 heteroatoms. The molecular weight excluding hydrogens is 194 g/mol. The van der Waals surface area contributed by atoms with E-state index in [1.165, 1.54) is 5.56 Å². The van der Waals surface area contributed by atoms with Gasteiger partial charge >= 0.3 is 0 Å². The highest BCUT2D eigenvalue weighted by Crippen LogP contribution is 2.15. The lowest BCUT2D eigenvalue weighted by atomic mass is 10.1. The SMILES string of the molecule is Cc1ccc(NC2=CC(C)C=CC=C2)cc1. The van der Waals surface area contributed by atoms with Crippen LogP contribution in [0.4, 0.5) is 5.69 Å². The third-order valence-corrected chi connectivity index (χ3v) is 2.58. The van der Waals surface area contributed by atoms with Crippen molar-refractivity contribution in [2.75, 3.05) is 5.32 Å². The Balaban J connectivity index is 2.12. The molecule has 2 rings (SSSR count). The van der Waals surface area contributed by atoms with Gasteiger partial charge in [0.2, 0.25) is 0 Å². The predicted octanol–water partition coefficient (Wildman–Crippen LogP) is 4.05. The lowest BCUT2D eigenvalue weighted by Gasteiger charge is -2.08. The van der Waals surface area contributed by atoms with Crippen LogP contribution in [0.25, 0.3) is 0 Å². The number of hydrogen-bond acceptors (Lipinski definition) is 1. The van der Waals surface area contributed by atoms with E-state index in [2.05, 4.69) is 73.8 Å². The van der Waals surface area contributed by atoms with Gasteiger partial charge in [-0.05, 0) is 31.1 Å². The van der Waals surface area contributed by atoms with Gasteiger partial charge in [-0.3, -0.25) is 0 Å². The number of aryl methyl sites for hydroxylation is 1. The zero-order valence-electron chi connectivity index (χ0n) is 9.77. The van der Waals surface area contributed by atoms with E-state index in [0.717, 1.165) is 11.4 Å². The van der Waals surface area contributed by atoms with Crippen LogP contribution in [0.15, 0.2) is 60.3 Å². The number of allylic oxidation sites excluding steroid dienone is 5. The number of anilines is 1. The maximum Gasteiger partial charge on any atom is 0.0384 e. The zero-order chi connectivity index (χ0) is 11.4. The smallest absolute Gasteiger partial charge is 0.0384 e. The fourth-order valence-electron chi connectivity index (χ4n) is 1.68. The van der Waals surface area contributed by atoms with Crippen LogP contribution in [0, 0.1) is 12.8 Å². The van der Waals surface area contributed by atoms with Crippen LogP contribution in [0.1, 0.15) is 12.5 Å². The molecule has 1 nitrogen and oxygen atoms in total. The van der Waals surface area contributed by atoms with E-state index in [1.807, 2.05) is 0 Å². The summed E-state index contributed by atoms with van der Waals surface area (Å²) in [6.45, 7) is 4.28. The molecule has 1 aromatic carbocycles. The predicted molar refractivity (Wildman–Crippen MR) is 70.3 cm³/mol. The summed E-state index contributed by atoms with van der Waals surface area (Å²) in [5.74, 6) is 0.475. The van der Waals surface area contributed by atoms with E-state index < -0.39 is 0 Å². The number of hydrogen-bond donors (Lipinski definition) is 1. The van der Waals surface area contributed by atoms with Gasteiger partial charge in [0.1, 0.15) is 0 Å². The Kier molecular flexibility index (Phi) is 3.25. The van der Waals surface area contributed by atoms with Crippen molar-refractivity contribution in [2.45, 2.75) is 13.8 Å². The summed E-state index contributed by atoms with van der Waals surface area (Å²) < 4.78 is 0. The van der Waals surface area contributed by atoms with Crippen molar-refractivity contribution < 1.29 is 0 Å². The molecule has 0 saturated carbocycles. The molecule has 82 valence electrons. The minimum atomic E-state index is 0.475. The van der Waals surface area contributed by atoms with E-state index in [1.54, 1.807) is 0 Å². The summed E-state index contributed by atoms with van der Waals surface area (Å²) in [6.07, 6.45) is 10.7. The molecule has 0 aliphatic heterocycles. The van der Waals surface area contributed by atoms with Crippen LogP contribution in [0.3, 0.4) is 0 Å². The fraction of sp³-hybridized carbons (Fsp3) is 0.200. The second-order valence-corrected chi connectivity index (χ2v) is 4.22. The lowest BCUT2D eigenvalue weighted by molar-refractivity contribution is 0.934. The molecule has 0 fully saturated rings. The van der Waals surface area contributed by atoms with Crippen LogP contribution < -0.4 is 5.32 Å². The van der Waals surface area contributed by atoms with Gasteiger partial charge in [-0.1, -0.05) is 48.9 Å². The van der Waals surface area contributed by atoms with Gasteiger partial charge < -0.3 is 5.32 Å². The molecule has 0 saturated heterocycles. The first-order chi connectivity index (χ1) is 7.74. The zero-order valence-corrected chi connectivity index (χ0v) is 9.77. The van der Waals surface area contributed by atoms with Crippen molar-refractivity contribution >= 4 is 5.69 Å². The molecule has 0 bridgehead atoms. The molecule has 0 aromatic heterocycles. The van der Waals surface area contributed by atoms with Crippen molar-refractivity contribution in [1.82, 2.24) is 0 Å². The molecule has 0 heterocycles. The first-order valence-corrected chi connectivity index (χ1v) is 5.64. The first-order valence-electron chi connectivity index (χ1n) is 5.64. The Bertz CT molecular complexity index is 435. The van der Waals surface area contributed by atoms with Crippen molar-refractivity contribution in [2.24, 2.45) is 5.92 Å². The van der Waals surface area contributed by atoms with Crippen LogP contribution >= 0.6 is 0 Å². The summed E-state index contributed by atoms with van der Waals surface area (Å²) in [5, 5.41) is 3.41. The summed E-state index contributed by atoms with van der Waals surface area (Å²) >= 11 is 0. The van der Waals surface area contributed by atoms with Gasteiger partial charge in [0.05, 0.1) is 0 Å². The number of benzene rings is 1. The quantitative estimate of drug-likeness (QED) is 0.778. The highest BCUT2D eigenvalue weighted by atomic mass is 14.9. The average Bonchev–Trinajstić information content (AvgIpc) is 2.46. The molecule has 1 aromatic rings. The molecule has 1 atom stereocenters. The first kappa shape index (κ1) is 10.7. The molecule has 16 heavy (non-hydrogen) atoms. The largest absolute Gasteiger partial charge is 0.356 e. The normalized spacial score (nSPS) is 19.1. The second-order valence-electron chi connectivity index (χ2n) is 4.22. The maximum atomic E-state index is 3.41. The molecular formula is C15H17N. The summed E-state index contributed by atoms with van der Waals surface area (Å²) in [5.41, 5.74) is 3.57. The van der Waals surface area contributed by atoms with E-state index in [-0.39, 0.29) is 0 Å². The molecule has 1 aliphatic carbocycles. The van der Waals surface area contributed by atoms with Gasteiger partial charge in [-0.25, -0.2) is 0 Å². The molecule has 1 N–H and O–H groups in total. The Hall–Kier alpha value is -1.76. The Morgan fingerprint density at radius 1 is 1.06 bits per heavy atom. The molecule has 0 spiro atoms. The summed E-state index contributed by atoms with van der Waals surface area (Å²) in [7, 11) is 0. The van der Waals surface area contributed by atoms with Gasteiger partial charge in [-0.15, -0.1) is 0 Å². The third-order valence-electron chi connectivity index (χ3n) is 2.58. The minimum Gasteiger partial charge on any atom is -0.356 e. The van der Waals surface area contributed by atoms with E-state index in [4.69, 9.17) is 0 Å². The number of rotatable bonds is 2. The molecule has 1 unspecified atom stereocenters.